The van der Waals surface area contributed by atoms with Crippen molar-refractivity contribution in [3.05, 3.63) is 70.7 Å². The van der Waals surface area contributed by atoms with Gasteiger partial charge in [0.25, 0.3) is 0 Å². The number of ether oxygens (including phenoxy) is 1. The molecule has 0 atom stereocenters. The van der Waals surface area contributed by atoms with E-state index in [9.17, 15) is 4.79 Å². The lowest BCUT2D eigenvalue weighted by molar-refractivity contribution is -0.127. The van der Waals surface area contributed by atoms with Gasteiger partial charge < -0.3 is 10.1 Å². The minimum absolute atomic E-state index is 0.0682. The summed E-state index contributed by atoms with van der Waals surface area (Å²) in [5.41, 5.74) is 1.84. The molecule has 0 aliphatic heterocycles. The van der Waals surface area contributed by atoms with Gasteiger partial charge in [-0.2, -0.15) is 0 Å². The summed E-state index contributed by atoms with van der Waals surface area (Å²) in [6, 6.07) is 17.8. The first kappa shape index (κ1) is 18.5. The van der Waals surface area contributed by atoms with Crippen molar-refractivity contribution >= 4 is 17.5 Å². The molecule has 1 N–H and O–H groups in total. The molecular formula is C20H24ClNO2. The third-order valence-corrected chi connectivity index (χ3v) is 4.05. The summed E-state index contributed by atoms with van der Waals surface area (Å²) < 4.78 is 5.48. The number of halogens is 1. The fourth-order valence-electron chi connectivity index (χ4n) is 2.58. The minimum Gasteiger partial charge on any atom is -0.371 e. The predicted octanol–water partition coefficient (Wildman–Crippen LogP) is 4.04. The van der Waals surface area contributed by atoms with E-state index in [-0.39, 0.29) is 18.1 Å². The second-order valence-electron chi connectivity index (χ2n) is 6.49. The number of carbonyl (C=O) groups is 1. The molecule has 0 heterocycles. The maximum atomic E-state index is 12.1. The number of hydrogen-bond acceptors (Lipinski definition) is 2. The molecule has 3 nitrogen and oxygen atoms in total. The van der Waals surface area contributed by atoms with Gasteiger partial charge in [-0.15, -0.1) is 0 Å². The van der Waals surface area contributed by atoms with Gasteiger partial charge >= 0.3 is 0 Å². The maximum absolute atomic E-state index is 12.1. The normalized spacial score (nSPS) is 11.3. The highest BCUT2D eigenvalue weighted by Crippen LogP contribution is 2.20. The van der Waals surface area contributed by atoms with Crippen LogP contribution >= 0.6 is 11.6 Å². The summed E-state index contributed by atoms with van der Waals surface area (Å²) in [5, 5.41) is 3.73. The quantitative estimate of drug-likeness (QED) is 0.733. The van der Waals surface area contributed by atoms with Crippen molar-refractivity contribution in [2.45, 2.75) is 32.2 Å². The smallest absolute Gasteiger partial charge is 0.246 e. The molecule has 0 fully saturated rings. The number of hydrogen-bond donors (Lipinski definition) is 1. The van der Waals surface area contributed by atoms with Crippen LogP contribution in [0.15, 0.2) is 54.6 Å². The number of amides is 1. The van der Waals surface area contributed by atoms with E-state index >= 15 is 0 Å². The standard InChI is InChI=1S/C20H24ClNO2/c1-20(2,14-17-10-6-7-11-18(17)21)22-19(23)15-24-13-12-16-8-4-3-5-9-16/h3-11H,12-15H2,1-2H3,(H,22,23). The monoisotopic (exact) mass is 345 g/mol. The van der Waals surface area contributed by atoms with Gasteiger partial charge in [0.1, 0.15) is 6.61 Å². The highest BCUT2D eigenvalue weighted by atomic mass is 35.5. The Balaban J connectivity index is 1.73. The van der Waals surface area contributed by atoms with Crippen molar-refractivity contribution in [3.8, 4) is 0 Å². The molecule has 0 aliphatic carbocycles. The van der Waals surface area contributed by atoms with Crippen LogP contribution in [0.1, 0.15) is 25.0 Å². The molecule has 0 bridgehead atoms. The lowest BCUT2D eigenvalue weighted by atomic mass is 9.95. The Morgan fingerprint density at radius 1 is 1.08 bits per heavy atom. The molecule has 2 rings (SSSR count). The highest BCUT2D eigenvalue weighted by molar-refractivity contribution is 6.31. The zero-order valence-corrected chi connectivity index (χ0v) is 15.0. The Kier molecular flexibility index (Phi) is 6.83. The molecule has 0 unspecified atom stereocenters. The molecule has 0 saturated heterocycles. The van der Waals surface area contributed by atoms with Gasteiger partial charge in [-0.05, 0) is 43.9 Å². The van der Waals surface area contributed by atoms with Gasteiger partial charge in [-0.25, -0.2) is 0 Å². The zero-order chi connectivity index (χ0) is 17.4. The van der Waals surface area contributed by atoms with Crippen LogP contribution in [0, 0.1) is 0 Å². The van der Waals surface area contributed by atoms with E-state index in [0.717, 1.165) is 17.0 Å². The number of nitrogens with one attached hydrogen (secondary N) is 1. The summed E-state index contributed by atoms with van der Waals surface area (Å²) in [7, 11) is 0. The number of carbonyl (C=O) groups excluding carboxylic acids is 1. The maximum Gasteiger partial charge on any atom is 0.246 e. The van der Waals surface area contributed by atoms with Crippen LogP contribution in [-0.2, 0) is 22.4 Å². The Hall–Kier alpha value is -1.84. The third kappa shape index (κ3) is 6.34. The molecular weight excluding hydrogens is 322 g/mol. The fraction of sp³-hybridized carbons (Fsp3) is 0.350. The number of benzene rings is 2. The Labute approximate surface area is 149 Å². The Morgan fingerprint density at radius 3 is 2.46 bits per heavy atom. The lowest BCUT2D eigenvalue weighted by Crippen LogP contribution is -2.46. The van der Waals surface area contributed by atoms with Crippen molar-refractivity contribution < 1.29 is 9.53 Å². The summed E-state index contributed by atoms with van der Waals surface area (Å²) in [6.07, 6.45) is 1.47. The van der Waals surface area contributed by atoms with Crippen LogP contribution in [-0.4, -0.2) is 24.7 Å². The summed E-state index contributed by atoms with van der Waals surface area (Å²) in [6.45, 7) is 4.57. The van der Waals surface area contributed by atoms with Gasteiger partial charge in [0.05, 0.1) is 6.61 Å². The van der Waals surface area contributed by atoms with Gasteiger partial charge in [-0.3, -0.25) is 4.79 Å². The second kappa shape index (κ2) is 8.86. The first-order valence-electron chi connectivity index (χ1n) is 8.12. The molecule has 2 aromatic carbocycles. The van der Waals surface area contributed by atoms with Gasteiger partial charge in [0.2, 0.25) is 5.91 Å². The molecule has 2 aromatic rings. The second-order valence-corrected chi connectivity index (χ2v) is 6.90. The largest absolute Gasteiger partial charge is 0.371 e. The van der Waals surface area contributed by atoms with E-state index in [4.69, 9.17) is 16.3 Å². The molecule has 0 radical (unpaired) electrons. The molecule has 128 valence electrons. The van der Waals surface area contributed by atoms with Crippen LogP contribution in [0.2, 0.25) is 5.02 Å². The predicted molar refractivity (Wildman–Crippen MR) is 98.3 cm³/mol. The molecule has 0 spiro atoms. The molecule has 0 saturated carbocycles. The van der Waals surface area contributed by atoms with Crippen LogP contribution in [0.25, 0.3) is 0 Å². The molecule has 24 heavy (non-hydrogen) atoms. The minimum atomic E-state index is -0.384. The SMILES string of the molecule is CC(C)(Cc1ccccc1Cl)NC(=O)COCCc1ccccc1. The van der Waals surface area contributed by atoms with E-state index in [2.05, 4.69) is 17.4 Å². The fourth-order valence-corrected chi connectivity index (χ4v) is 2.78. The van der Waals surface area contributed by atoms with Crippen LogP contribution in [0.5, 0.6) is 0 Å². The van der Waals surface area contributed by atoms with Crippen LogP contribution in [0.4, 0.5) is 0 Å². The lowest BCUT2D eigenvalue weighted by Gasteiger charge is -2.27. The summed E-state index contributed by atoms with van der Waals surface area (Å²) in [5.74, 6) is -0.111. The molecule has 1 amide bonds. The van der Waals surface area contributed by atoms with Gasteiger partial charge in [0.15, 0.2) is 0 Å². The molecule has 4 heteroatoms. The first-order valence-corrected chi connectivity index (χ1v) is 8.50. The highest BCUT2D eigenvalue weighted by Gasteiger charge is 2.22. The van der Waals surface area contributed by atoms with E-state index in [0.29, 0.717) is 13.0 Å². The number of rotatable bonds is 8. The van der Waals surface area contributed by atoms with Crippen LogP contribution in [0.3, 0.4) is 0 Å². The average Bonchev–Trinajstić information content (AvgIpc) is 2.54. The van der Waals surface area contributed by atoms with Crippen molar-refractivity contribution in [2.75, 3.05) is 13.2 Å². The van der Waals surface area contributed by atoms with Crippen molar-refractivity contribution in [1.29, 1.82) is 0 Å². The van der Waals surface area contributed by atoms with Crippen molar-refractivity contribution in [2.24, 2.45) is 0 Å². The van der Waals surface area contributed by atoms with E-state index in [1.165, 1.54) is 5.56 Å². The molecule has 0 aromatic heterocycles. The van der Waals surface area contributed by atoms with Gasteiger partial charge in [-0.1, -0.05) is 60.1 Å². The Bertz CT molecular complexity index is 656. The third-order valence-electron chi connectivity index (χ3n) is 3.68. The summed E-state index contributed by atoms with van der Waals surface area (Å²) >= 11 is 6.19. The Morgan fingerprint density at radius 2 is 1.75 bits per heavy atom. The topological polar surface area (TPSA) is 38.3 Å². The average molecular weight is 346 g/mol. The van der Waals surface area contributed by atoms with Crippen molar-refractivity contribution in [3.63, 3.8) is 0 Å². The first-order chi connectivity index (χ1) is 11.5. The van der Waals surface area contributed by atoms with E-state index in [1.807, 2.05) is 56.3 Å². The van der Waals surface area contributed by atoms with Gasteiger partial charge in [0, 0.05) is 10.6 Å². The molecule has 0 aliphatic rings. The van der Waals surface area contributed by atoms with E-state index in [1.54, 1.807) is 0 Å². The van der Waals surface area contributed by atoms with Crippen molar-refractivity contribution in [1.82, 2.24) is 5.32 Å². The summed E-state index contributed by atoms with van der Waals surface area (Å²) in [4.78, 5) is 12.1. The zero-order valence-electron chi connectivity index (χ0n) is 14.2. The van der Waals surface area contributed by atoms with Crippen LogP contribution < -0.4 is 5.32 Å². The van der Waals surface area contributed by atoms with E-state index < -0.39 is 0 Å².